The quantitative estimate of drug-likeness (QED) is 0.266. The average molecular weight is 312 g/mol. The van der Waals surface area contributed by atoms with Gasteiger partial charge in [-0.15, -0.1) is 0 Å². The lowest BCUT2D eigenvalue weighted by molar-refractivity contribution is 0.231. The molecule has 0 amide bonds. The molecule has 0 aliphatic heterocycles. The van der Waals surface area contributed by atoms with E-state index >= 15 is 0 Å². The third kappa shape index (κ3) is 17.7. The minimum atomic E-state index is -0.452. The number of hydrogen-bond donors (Lipinski definition) is 2. The molecule has 22 heavy (non-hydrogen) atoms. The van der Waals surface area contributed by atoms with Gasteiger partial charge in [-0.2, -0.15) is 0 Å². The highest BCUT2D eigenvalue weighted by atomic mass is 16.3. The Morgan fingerprint density at radius 2 is 1.14 bits per heavy atom. The Bertz CT molecular complexity index is 228. The molecule has 2 nitrogen and oxygen atoms in total. The van der Waals surface area contributed by atoms with Gasteiger partial charge in [0.15, 0.2) is 0 Å². The van der Waals surface area contributed by atoms with Crippen LogP contribution in [-0.4, -0.2) is 17.8 Å². The lowest BCUT2D eigenvalue weighted by atomic mass is 10.0. The molecule has 1 atom stereocenters. The van der Waals surface area contributed by atoms with Gasteiger partial charge in [0.05, 0.1) is 6.10 Å². The van der Waals surface area contributed by atoms with Gasteiger partial charge in [0.25, 0.3) is 0 Å². The Morgan fingerprint density at radius 1 is 0.727 bits per heavy atom. The fourth-order valence-electron chi connectivity index (χ4n) is 2.79. The van der Waals surface area contributed by atoms with E-state index in [-0.39, 0.29) is 0 Å². The van der Waals surface area contributed by atoms with Crippen molar-refractivity contribution in [3.8, 4) is 0 Å². The number of nitrogens with two attached hydrogens (primary N) is 1. The molecule has 0 bridgehead atoms. The summed E-state index contributed by atoms with van der Waals surface area (Å²) < 4.78 is 0. The summed E-state index contributed by atoms with van der Waals surface area (Å²) >= 11 is 0. The fourth-order valence-corrected chi connectivity index (χ4v) is 2.79. The molecule has 0 aromatic rings. The predicted octanol–water partition coefficient (Wildman–Crippen LogP) is 5.73. The smallest absolute Gasteiger partial charge is 0.0843 e. The summed E-state index contributed by atoms with van der Waals surface area (Å²) in [5.41, 5.74) is 5.34. The molecule has 0 heterocycles. The van der Waals surface area contributed by atoms with Crippen LogP contribution in [0.15, 0.2) is 12.2 Å². The summed E-state index contributed by atoms with van der Waals surface area (Å²) in [6.07, 6.45) is 24.1. The lowest BCUT2D eigenvalue weighted by Gasteiger charge is -2.03. The molecule has 0 aromatic heterocycles. The van der Waals surface area contributed by atoms with Crippen LogP contribution in [0.25, 0.3) is 0 Å². The molecule has 132 valence electrons. The molecule has 0 fully saturated rings. The van der Waals surface area contributed by atoms with Crippen molar-refractivity contribution in [1.82, 2.24) is 0 Å². The van der Waals surface area contributed by atoms with Crippen LogP contribution in [0.1, 0.15) is 103 Å². The van der Waals surface area contributed by atoms with E-state index in [9.17, 15) is 5.11 Å². The number of allylic oxidation sites excluding steroid dienone is 1. The second-order valence-electron chi connectivity index (χ2n) is 6.62. The van der Waals surface area contributed by atoms with Gasteiger partial charge in [0, 0.05) is 6.54 Å². The minimum absolute atomic E-state index is 0.329. The highest BCUT2D eigenvalue weighted by Gasteiger charge is 1.94. The summed E-state index contributed by atoms with van der Waals surface area (Å²) in [6, 6.07) is 0. The van der Waals surface area contributed by atoms with Gasteiger partial charge in [-0.1, -0.05) is 103 Å². The van der Waals surface area contributed by atoms with E-state index in [0.717, 1.165) is 6.42 Å². The van der Waals surface area contributed by atoms with Crippen molar-refractivity contribution in [2.75, 3.05) is 6.54 Å². The Hall–Kier alpha value is -0.340. The SMILES string of the molecule is CCCCCCCCCCCCCCCCC=CC(O)CN. The first-order valence-corrected chi connectivity index (χ1v) is 9.86. The molecule has 3 N–H and O–H groups in total. The average Bonchev–Trinajstić information content (AvgIpc) is 2.54. The molecule has 1 unspecified atom stereocenters. The summed E-state index contributed by atoms with van der Waals surface area (Å²) in [7, 11) is 0. The Kier molecular flexibility index (Phi) is 18.4. The van der Waals surface area contributed by atoms with Crippen molar-refractivity contribution in [1.29, 1.82) is 0 Å². The molecule has 0 aliphatic rings. The fraction of sp³-hybridized carbons (Fsp3) is 0.900. The molecular formula is C20H41NO. The monoisotopic (exact) mass is 311 g/mol. The number of aliphatic hydroxyl groups is 1. The standard InChI is InChI=1S/C20H41NO/c1-2-3-4-5-6-7-8-9-10-11-12-13-14-15-16-17-18-20(22)19-21/h17-18,20,22H,2-16,19,21H2,1H3. The topological polar surface area (TPSA) is 46.2 Å². The largest absolute Gasteiger partial charge is 0.388 e. The van der Waals surface area contributed by atoms with Crippen LogP contribution >= 0.6 is 0 Å². The summed E-state index contributed by atoms with van der Waals surface area (Å²) in [4.78, 5) is 0. The van der Waals surface area contributed by atoms with Crippen LogP contribution < -0.4 is 5.73 Å². The van der Waals surface area contributed by atoms with Crippen molar-refractivity contribution in [3.05, 3.63) is 12.2 Å². The minimum Gasteiger partial charge on any atom is -0.388 e. The van der Waals surface area contributed by atoms with Gasteiger partial charge in [0.1, 0.15) is 0 Å². The van der Waals surface area contributed by atoms with Crippen LogP contribution in [0.5, 0.6) is 0 Å². The first kappa shape index (κ1) is 21.7. The van der Waals surface area contributed by atoms with E-state index in [4.69, 9.17) is 5.73 Å². The van der Waals surface area contributed by atoms with Gasteiger partial charge in [-0.05, 0) is 12.8 Å². The van der Waals surface area contributed by atoms with Crippen molar-refractivity contribution in [2.45, 2.75) is 109 Å². The molecule has 2 heteroatoms. The highest BCUT2D eigenvalue weighted by molar-refractivity contribution is 4.88. The number of rotatable bonds is 17. The maximum atomic E-state index is 9.26. The normalized spacial score (nSPS) is 13.0. The van der Waals surface area contributed by atoms with Crippen molar-refractivity contribution in [3.63, 3.8) is 0 Å². The third-order valence-electron chi connectivity index (χ3n) is 4.32. The van der Waals surface area contributed by atoms with E-state index in [1.54, 1.807) is 0 Å². The summed E-state index contributed by atoms with van der Waals surface area (Å²) in [5.74, 6) is 0. The van der Waals surface area contributed by atoms with Crippen molar-refractivity contribution in [2.24, 2.45) is 5.73 Å². The molecule has 0 saturated carbocycles. The number of unbranched alkanes of at least 4 members (excludes halogenated alkanes) is 14. The zero-order chi connectivity index (χ0) is 16.3. The molecule has 0 rings (SSSR count). The van der Waals surface area contributed by atoms with Crippen molar-refractivity contribution < 1.29 is 5.11 Å². The van der Waals surface area contributed by atoms with Crippen LogP contribution in [0.2, 0.25) is 0 Å². The zero-order valence-corrected chi connectivity index (χ0v) is 15.1. The predicted molar refractivity (Wildman–Crippen MR) is 99.1 cm³/mol. The van der Waals surface area contributed by atoms with E-state index in [0.29, 0.717) is 6.54 Å². The Balaban J connectivity index is 3.04. The first-order chi connectivity index (χ1) is 10.8. The van der Waals surface area contributed by atoms with E-state index in [2.05, 4.69) is 13.0 Å². The molecule has 0 aliphatic carbocycles. The maximum absolute atomic E-state index is 9.26. The lowest BCUT2D eigenvalue weighted by Crippen LogP contribution is -2.16. The van der Waals surface area contributed by atoms with Crippen LogP contribution in [-0.2, 0) is 0 Å². The van der Waals surface area contributed by atoms with E-state index in [1.165, 1.54) is 89.9 Å². The summed E-state index contributed by atoms with van der Waals surface area (Å²) in [6.45, 7) is 2.61. The second kappa shape index (κ2) is 18.7. The van der Waals surface area contributed by atoms with Crippen LogP contribution in [0.3, 0.4) is 0 Å². The van der Waals surface area contributed by atoms with Gasteiger partial charge in [-0.3, -0.25) is 0 Å². The van der Waals surface area contributed by atoms with E-state index < -0.39 is 6.10 Å². The molecular weight excluding hydrogens is 270 g/mol. The Labute approximate surface area is 139 Å². The van der Waals surface area contributed by atoms with Crippen LogP contribution in [0.4, 0.5) is 0 Å². The molecule has 0 spiro atoms. The second-order valence-corrected chi connectivity index (χ2v) is 6.62. The highest BCUT2D eigenvalue weighted by Crippen LogP contribution is 2.13. The zero-order valence-electron chi connectivity index (χ0n) is 15.1. The van der Waals surface area contributed by atoms with Gasteiger partial charge in [-0.25, -0.2) is 0 Å². The van der Waals surface area contributed by atoms with Gasteiger partial charge >= 0.3 is 0 Å². The van der Waals surface area contributed by atoms with Crippen LogP contribution in [0, 0.1) is 0 Å². The maximum Gasteiger partial charge on any atom is 0.0843 e. The number of aliphatic hydroxyl groups excluding tert-OH is 1. The van der Waals surface area contributed by atoms with Gasteiger partial charge in [0.2, 0.25) is 0 Å². The molecule has 0 aromatic carbocycles. The molecule has 0 saturated heterocycles. The third-order valence-corrected chi connectivity index (χ3v) is 4.32. The number of hydrogen-bond acceptors (Lipinski definition) is 2. The van der Waals surface area contributed by atoms with Gasteiger partial charge < -0.3 is 10.8 Å². The van der Waals surface area contributed by atoms with E-state index in [1.807, 2.05) is 6.08 Å². The Morgan fingerprint density at radius 3 is 1.55 bits per heavy atom. The van der Waals surface area contributed by atoms with Crippen molar-refractivity contribution >= 4 is 0 Å². The first-order valence-electron chi connectivity index (χ1n) is 9.86. The summed E-state index contributed by atoms with van der Waals surface area (Å²) in [5, 5.41) is 9.26. The molecule has 0 radical (unpaired) electrons.